The third kappa shape index (κ3) is 3.99. The van der Waals surface area contributed by atoms with Crippen molar-refractivity contribution in [2.45, 2.75) is 31.6 Å². The summed E-state index contributed by atoms with van der Waals surface area (Å²) in [6.07, 6.45) is 2.82. The highest BCUT2D eigenvalue weighted by Gasteiger charge is 2.28. The van der Waals surface area contributed by atoms with Gasteiger partial charge in [-0.2, -0.15) is 0 Å². The number of aryl methyl sites for hydroxylation is 1. The minimum atomic E-state index is -0.224. The minimum Gasteiger partial charge on any atom is -0.508 e. The van der Waals surface area contributed by atoms with Gasteiger partial charge in [-0.3, -0.25) is 0 Å². The second-order valence-corrected chi connectivity index (χ2v) is 6.95. The van der Waals surface area contributed by atoms with Gasteiger partial charge in [0.1, 0.15) is 17.2 Å². The van der Waals surface area contributed by atoms with Crippen LogP contribution in [0.3, 0.4) is 0 Å². The predicted molar refractivity (Wildman–Crippen MR) is 104 cm³/mol. The second-order valence-electron chi connectivity index (χ2n) is 6.95. The van der Waals surface area contributed by atoms with E-state index in [1.54, 1.807) is 36.4 Å². The van der Waals surface area contributed by atoms with E-state index < -0.39 is 0 Å². The summed E-state index contributed by atoms with van der Waals surface area (Å²) in [5, 5.41) is 28.7. The molecule has 3 aromatic carbocycles. The first-order valence-electron chi connectivity index (χ1n) is 8.84. The molecule has 3 rings (SSSR count). The highest BCUT2D eigenvalue weighted by Crippen LogP contribution is 2.38. The number of phenols is 3. The summed E-state index contributed by atoms with van der Waals surface area (Å²) in [5.74, 6) is 0.795. The molecule has 0 unspecified atom stereocenters. The van der Waals surface area contributed by atoms with Gasteiger partial charge in [0.2, 0.25) is 0 Å². The number of aromatic hydroxyl groups is 3. The van der Waals surface area contributed by atoms with Crippen molar-refractivity contribution in [3.05, 3.63) is 89.5 Å². The lowest BCUT2D eigenvalue weighted by Crippen LogP contribution is -2.23. The maximum absolute atomic E-state index is 9.62. The fourth-order valence-electron chi connectivity index (χ4n) is 3.42. The Morgan fingerprint density at radius 3 is 1.42 bits per heavy atom. The van der Waals surface area contributed by atoms with E-state index in [2.05, 4.69) is 6.92 Å². The normalized spacial score (nSPS) is 11.4. The quantitative estimate of drug-likeness (QED) is 0.578. The van der Waals surface area contributed by atoms with Gasteiger partial charge in [-0.15, -0.1) is 0 Å². The Hall–Kier alpha value is -2.94. The largest absolute Gasteiger partial charge is 0.508 e. The lowest BCUT2D eigenvalue weighted by molar-refractivity contribution is 0.467. The molecule has 3 nitrogen and oxygen atoms in total. The van der Waals surface area contributed by atoms with Crippen LogP contribution in [0.2, 0.25) is 0 Å². The van der Waals surface area contributed by atoms with Crippen LogP contribution in [0.15, 0.2) is 72.8 Å². The number of hydrogen-bond acceptors (Lipinski definition) is 3. The molecular weight excluding hydrogens is 324 g/mol. The molecule has 134 valence electrons. The monoisotopic (exact) mass is 348 g/mol. The minimum absolute atomic E-state index is 0.224. The zero-order valence-electron chi connectivity index (χ0n) is 14.9. The van der Waals surface area contributed by atoms with Crippen LogP contribution in [0.5, 0.6) is 17.2 Å². The zero-order chi connectivity index (χ0) is 18.6. The number of phenolic OH excluding ortho intramolecular Hbond substituents is 3. The Kier molecular flexibility index (Phi) is 5.17. The molecule has 0 spiro atoms. The Bertz CT molecular complexity index is 789. The number of rotatable bonds is 6. The molecule has 0 aromatic heterocycles. The van der Waals surface area contributed by atoms with Crippen LogP contribution in [-0.4, -0.2) is 15.3 Å². The average Bonchev–Trinajstić information content (AvgIpc) is 2.64. The van der Waals surface area contributed by atoms with Crippen molar-refractivity contribution < 1.29 is 15.3 Å². The molecule has 0 atom stereocenters. The third-order valence-electron chi connectivity index (χ3n) is 5.09. The first-order valence-corrected chi connectivity index (χ1v) is 8.84. The van der Waals surface area contributed by atoms with E-state index in [0.717, 1.165) is 30.4 Å². The smallest absolute Gasteiger partial charge is 0.115 e. The van der Waals surface area contributed by atoms with Gasteiger partial charge in [-0.25, -0.2) is 0 Å². The highest BCUT2D eigenvalue weighted by atomic mass is 16.3. The van der Waals surface area contributed by atoms with Crippen molar-refractivity contribution in [1.82, 2.24) is 0 Å². The van der Waals surface area contributed by atoms with Crippen LogP contribution >= 0.6 is 0 Å². The van der Waals surface area contributed by atoms with Crippen LogP contribution in [0, 0.1) is 0 Å². The van der Waals surface area contributed by atoms with Gasteiger partial charge < -0.3 is 15.3 Å². The Morgan fingerprint density at radius 2 is 1.00 bits per heavy atom. The molecule has 3 heteroatoms. The van der Waals surface area contributed by atoms with Crippen molar-refractivity contribution in [2.24, 2.45) is 0 Å². The van der Waals surface area contributed by atoms with Crippen molar-refractivity contribution >= 4 is 0 Å². The summed E-state index contributed by atoms with van der Waals surface area (Å²) in [5.41, 5.74) is 3.23. The fourth-order valence-corrected chi connectivity index (χ4v) is 3.42. The van der Waals surface area contributed by atoms with E-state index in [0.29, 0.717) is 0 Å². The summed E-state index contributed by atoms with van der Waals surface area (Å²) in [7, 11) is 0. The van der Waals surface area contributed by atoms with Crippen LogP contribution in [0.4, 0.5) is 0 Å². The van der Waals surface area contributed by atoms with Crippen LogP contribution in [0.25, 0.3) is 0 Å². The fraction of sp³-hybridized carbons (Fsp3) is 0.217. The van der Waals surface area contributed by atoms with Gasteiger partial charge in [-0.1, -0.05) is 43.3 Å². The first-order chi connectivity index (χ1) is 12.5. The Morgan fingerprint density at radius 1 is 0.615 bits per heavy atom. The van der Waals surface area contributed by atoms with E-state index in [9.17, 15) is 15.3 Å². The molecular formula is C23H24O3. The van der Waals surface area contributed by atoms with Gasteiger partial charge in [0.25, 0.3) is 0 Å². The molecule has 0 saturated carbocycles. The predicted octanol–water partition coefficient (Wildman–Crippen LogP) is 5.13. The van der Waals surface area contributed by atoms with E-state index >= 15 is 0 Å². The molecule has 0 heterocycles. The van der Waals surface area contributed by atoms with Gasteiger partial charge in [0.05, 0.1) is 0 Å². The van der Waals surface area contributed by atoms with E-state index in [1.807, 2.05) is 36.4 Å². The lowest BCUT2D eigenvalue weighted by atomic mass is 9.72. The standard InChI is InChI=1S/C23H24O3/c1-23(18-6-12-21(25)13-7-18,19-8-14-22(26)15-9-19)16-2-3-17-4-10-20(24)11-5-17/h4-15,24-26H,2-3,16H2,1H3. The van der Waals surface area contributed by atoms with Crippen molar-refractivity contribution in [3.63, 3.8) is 0 Å². The highest BCUT2D eigenvalue weighted by molar-refractivity contribution is 5.42. The number of benzene rings is 3. The van der Waals surface area contributed by atoms with Gasteiger partial charge >= 0.3 is 0 Å². The average molecular weight is 348 g/mol. The Labute approximate surface area is 154 Å². The molecule has 0 saturated heterocycles. The molecule has 0 amide bonds. The van der Waals surface area contributed by atoms with Gasteiger partial charge in [0, 0.05) is 5.41 Å². The van der Waals surface area contributed by atoms with E-state index in [4.69, 9.17) is 0 Å². The summed E-state index contributed by atoms with van der Waals surface area (Å²) < 4.78 is 0. The topological polar surface area (TPSA) is 60.7 Å². The van der Waals surface area contributed by atoms with Crippen molar-refractivity contribution in [3.8, 4) is 17.2 Å². The molecule has 3 N–H and O–H groups in total. The van der Waals surface area contributed by atoms with Crippen LogP contribution in [0.1, 0.15) is 36.5 Å². The zero-order valence-corrected chi connectivity index (χ0v) is 14.9. The van der Waals surface area contributed by atoms with Crippen molar-refractivity contribution in [2.75, 3.05) is 0 Å². The maximum atomic E-state index is 9.62. The van der Waals surface area contributed by atoms with Gasteiger partial charge in [-0.05, 0) is 72.4 Å². The molecule has 0 fully saturated rings. The van der Waals surface area contributed by atoms with E-state index in [1.165, 1.54) is 5.56 Å². The second kappa shape index (κ2) is 7.52. The maximum Gasteiger partial charge on any atom is 0.115 e. The summed E-state index contributed by atoms with van der Waals surface area (Å²) in [6.45, 7) is 2.20. The molecule has 0 bridgehead atoms. The summed E-state index contributed by atoms with van der Waals surface area (Å²) >= 11 is 0. The number of hydrogen-bond donors (Lipinski definition) is 3. The van der Waals surface area contributed by atoms with Crippen LogP contribution in [-0.2, 0) is 11.8 Å². The molecule has 26 heavy (non-hydrogen) atoms. The molecule has 0 radical (unpaired) electrons. The first kappa shape index (κ1) is 17.9. The summed E-state index contributed by atoms with van der Waals surface area (Å²) in [4.78, 5) is 0. The SMILES string of the molecule is CC(CCCc1ccc(O)cc1)(c1ccc(O)cc1)c1ccc(O)cc1. The van der Waals surface area contributed by atoms with Crippen molar-refractivity contribution in [1.29, 1.82) is 0 Å². The van der Waals surface area contributed by atoms with Crippen LogP contribution < -0.4 is 0 Å². The van der Waals surface area contributed by atoms with Gasteiger partial charge in [0.15, 0.2) is 0 Å². The molecule has 0 aliphatic carbocycles. The molecule has 0 aliphatic heterocycles. The third-order valence-corrected chi connectivity index (χ3v) is 5.09. The lowest BCUT2D eigenvalue weighted by Gasteiger charge is -2.31. The molecule has 3 aromatic rings. The van der Waals surface area contributed by atoms with E-state index in [-0.39, 0.29) is 22.7 Å². The summed E-state index contributed by atoms with van der Waals surface area (Å²) in [6, 6.07) is 22.0. The Balaban J connectivity index is 1.83. The molecule has 0 aliphatic rings.